The first-order valence-electron chi connectivity index (χ1n) is 8.84. The Labute approximate surface area is 170 Å². The summed E-state index contributed by atoms with van der Waals surface area (Å²) in [5, 5.41) is 0. The summed E-state index contributed by atoms with van der Waals surface area (Å²) in [6.07, 6.45) is -1.08. The summed E-state index contributed by atoms with van der Waals surface area (Å²) >= 11 is 0. The van der Waals surface area contributed by atoms with Gasteiger partial charge in [0, 0.05) is 26.8 Å². The fourth-order valence-corrected chi connectivity index (χ4v) is 4.71. The summed E-state index contributed by atoms with van der Waals surface area (Å²) in [6, 6.07) is 4.35. The zero-order valence-corrected chi connectivity index (χ0v) is 17.1. The minimum absolute atomic E-state index is 0.0383. The first kappa shape index (κ1) is 22.3. The standard InChI is InChI=1S/C18H18BF3O5P2/c19-28-29-27-16-8-15-14(7-17(24)26-15)13(16)5-4-11(23)9-25-12-3-1-2-10(6-12)18(20,21)22/h1-6,13-16,28-29H,7-9H2/b5-4+/t13-,14-,15+,16-/m1/s1. The maximum absolute atomic E-state index is 12.7. The molecule has 1 aliphatic carbocycles. The van der Waals surface area contributed by atoms with Crippen molar-refractivity contribution in [3.05, 3.63) is 42.0 Å². The van der Waals surface area contributed by atoms with E-state index in [2.05, 4.69) is 0 Å². The first-order chi connectivity index (χ1) is 13.8. The molecule has 1 heterocycles. The fraction of sp³-hybridized carbons (Fsp3) is 0.444. The number of hydrogen-bond donors (Lipinski definition) is 0. The molecule has 2 fully saturated rings. The number of carbonyl (C=O) groups is 2. The average molecular weight is 444 g/mol. The number of alkyl halides is 3. The lowest BCUT2D eigenvalue weighted by Crippen LogP contribution is -2.19. The number of esters is 1. The number of benzene rings is 1. The molecule has 2 radical (unpaired) electrons. The lowest BCUT2D eigenvalue weighted by atomic mass is 9.91. The van der Waals surface area contributed by atoms with E-state index in [1.165, 1.54) is 18.2 Å². The van der Waals surface area contributed by atoms with Gasteiger partial charge in [0.05, 0.1) is 18.1 Å². The molecule has 0 bridgehead atoms. The topological polar surface area (TPSA) is 61.8 Å². The third-order valence-electron chi connectivity index (χ3n) is 4.87. The third-order valence-corrected chi connectivity index (χ3v) is 6.11. The third kappa shape index (κ3) is 5.81. The van der Waals surface area contributed by atoms with E-state index in [-0.39, 0.29) is 58.8 Å². The van der Waals surface area contributed by atoms with E-state index in [4.69, 9.17) is 21.6 Å². The summed E-state index contributed by atoms with van der Waals surface area (Å²) in [6.45, 7) is -0.397. The van der Waals surface area contributed by atoms with E-state index < -0.39 is 24.1 Å². The molecule has 0 aromatic heterocycles. The van der Waals surface area contributed by atoms with E-state index in [1.54, 1.807) is 6.08 Å². The van der Waals surface area contributed by atoms with Gasteiger partial charge >= 0.3 is 12.1 Å². The van der Waals surface area contributed by atoms with Gasteiger partial charge in [0.25, 0.3) is 0 Å². The van der Waals surface area contributed by atoms with Gasteiger partial charge in [-0.3, -0.25) is 9.59 Å². The molecule has 29 heavy (non-hydrogen) atoms. The lowest BCUT2D eigenvalue weighted by molar-refractivity contribution is -0.142. The Kier molecular flexibility index (Phi) is 7.36. The summed E-state index contributed by atoms with van der Waals surface area (Å²) in [5.41, 5.74) is -0.845. The van der Waals surface area contributed by atoms with E-state index in [1.807, 2.05) is 0 Å². The van der Waals surface area contributed by atoms with Crippen LogP contribution in [-0.4, -0.2) is 38.1 Å². The number of halogens is 3. The molecule has 0 N–H and O–H groups in total. The molecule has 2 unspecified atom stereocenters. The summed E-state index contributed by atoms with van der Waals surface area (Å²) in [7, 11) is 5.81. The minimum atomic E-state index is -4.48. The summed E-state index contributed by atoms with van der Waals surface area (Å²) in [5.74, 6) is -0.944. The number of hydrogen-bond acceptors (Lipinski definition) is 5. The molecule has 2 aliphatic rings. The number of ketones is 1. The van der Waals surface area contributed by atoms with Crippen LogP contribution in [0.15, 0.2) is 36.4 Å². The summed E-state index contributed by atoms with van der Waals surface area (Å²) < 4.78 is 54.5. The normalized spacial score (nSPS) is 27.3. The van der Waals surface area contributed by atoms with Gasteiger partial charge in [0.15, 0.2) is 12.4 Å². The molecule has 5 nitrogen and oxygen atoms in total. The highest BCUT2D eigenvalue weighted by molar-refractivity contribution is 8.21. The van der Waals surface area contributed by atoms with Crippen LogP contribution in [0, 0.1) is 11.8 Å². The fourth-order valence-electron chi connectivity index (χ4n) is 3.58. The molecular weight excluding hydrogens is 426 g/mol. The zero-order chi connectivity index (χ0) is 21.0. The van der Waals surface area contributed by atoms with Crippen molar-refractivity contribution in [2.45, 2.75) is 31.2 Å². The van der Waals surface area contributed by atoms with Crippen molar-refractivity contribution in [1.82, 2.24) is 0 Å². The monoisotopic (exact) mass is 444 g/mol. The van der Waals surface area contributed by atoms with E-state index in [0.29, 0.717) is 6.42 Å². The molecule has 11 heteroatoms. The van der Waals surface area contributed by atoms with Crippen molar-refractivity contribution in [1.29, 1.82) is 0 Å². The Bertz CT molecular complexity index is 789. The maximum Gasteiger partial charge on any atom is 0.416 e. The van der Waals surface area contributed by atoms with Gasteiger partial charge < -0.3 is 14.0 Å². The zero-order valence-electron chi connectivity index (χ0n) is 15.1. The van der Waals surface area contributed by atoms with Crippen LogP contribution in [0.25, 0.3) is 0 Å². The Morgan fingerprint density at radius 2 is 2.17 bits per heavy atom. The first-order valence-corrected chi connectivity index (χ1v) is 11.8. The quantitative estimate of drug-likeness (QED) is 0.264. The van der Waals surface area contributed by atoms with Crippen molar-refractivity contribution in [2.24, 2.45) is 11.8 Å². The van der Waals surface area contributed by atoms with Gasteiger partial charge in [-0.25, -0.2) is 0 Å². The Hall–Kier alpha value is -1.43. The van der Waals surface area contributed by atoms with Crippen LogP contribution in [0.5, 0.6) is 5.75 Å². The molecule has 1 aromatic carbocycles. The molecule has 1 saturated heterocycles. The Balaban J connectivity index is 1.59. The van der Waals surface area contributed by atoms with Gasteiger partial charge in [0.2, 0.25) is 0 Å². The van der Waals surface area contributed by atoms with E-state index >= 15 is 0 Å². The molecule has 1 saturated carbocycles. The maximum atomic E-state index is 12.7. The number of rotatable bonds is 8. The summed E-state index contributed by atoms with van der Waals surface area (Å²) in [4.78, 5) is 23.7. The van der Waals surface area contributed by atoms with Gasteiger partial charge in [-0.05, 0) is 24.3 Å². The minimum Gasteiger partial charge on any atom is -0.485 e. The molecule has 1 aromatic rings. The highest BCUT2D eigenvalue weighted by Crippen LogP contribution is 2.47. The molecule has 3 rings (SSSR count). The second-order valence-corrected chi connectivity index (χ2v) is 8.96. The van der Waals surface area contributed by atoms with Crippen molar-refractivity contribution in [3.63, 3.8) is 0 Å². The number of ether oxygens (including phenoxy) is 2. The molecule has 1 aliphatic heterocycles. The van der Waals surface area contributed by atoms with Crippen LogP contribution >= 0.6 is 16.6 Å². The number of fused-ring (bicyclic) bond motifs is 1. The van der Waals surface area contributed by atoms with Crippen molar-refractivity contribution >= 4 is 36.0 Å². The Morgan fingerprint density at radius 1 is 1.38 bits per heavy atom. The van der Waals surface area contributed by atoms with E-state index in [0.717, 1.165) is 12.1 Å². The second-order valence-electron chi connectivity index (χ2n) is 6.75. The predicted molar refractivity (Wildman–Crippen MR) is 104 cm³/mol. The van der Waals surface area contributed by atoms with Crippen LogP contribution in [0.1, 0.15) is 18.4 Å². The van der Waals surface area contributed by atoms with Crippen LogP contribution in [0.3, 0.4) is 0 Å². The molecule has 154 valence electrons. The van der Waals surface area contributed by atoms with Gasteiger partial charge in [-0.2, -0.15) is 13.2 Å². The molecular formula is C18H18BF3O5P2. The van der Waals surface area contributed by atoms with E-state index in [9.17, 15) is 22.8 Å². The molecule has 0 spiro atoms. The average Bonchev–Trinajstić information content (AvgIpc) is 3.18. The predicted octanol–water partition coefficient (Wildman–Crippen LogP) is 3.82. The SMILES string of the molecule is [B]PPO[C@@H]1C[C@@H]2OC(=O)C[C@@H]2[C@H]1/C=C/C(=O)COc1cccc(C(F)(F)F)c1. The Morgan fingerprint density at radius 3 is 2.90 bits per heavy atom. The smallest absolute Gasteiger partial charge is 0.416 e. The van der Waals surface area contributed by atoms with Crippen molar-refractivity contribution < 1.29 is 36.8 Å². The van der Waals surface area contributed by atoms with Crippen molar-refractivity contribution in [3.8, 4) is 5.75 Å². The van der Waals surface area contributed by atoms with Crippen molar-refractivity contribution in [2.75, 3.05) is 6.61 Å². The lowest BCUT2D eigenvalue weighted by Gasteiger charge is -2.19. The van der Waals surface area contributed by atoms with Crippen LogP contribution < -0.4 is 4.74 Å². The van der Waals surface area contributed by atoms with Crippen LogP contribution in [-0.2, 0) is 25.0 Å². The second kappa shape index (κ2) is 9.59. The van der Waals surface area contributed by atoms with Crippen LogP contribution in [0.4, 0.5) is 13.2 Å². The molecule has 0 amide bonds. The largest absolute Gasteiger partial charge is 0.485 e. The highest BCUT2D eigenvalue weighted by atomic mass is 32.0. The number of carbonyl (C=O) groups excluding carboxylic acids is 2. The molecule has 6 atom stereocenters. The highest BCUT2D eigenvalue weighted by Gasteiger charge is 2.49. The van der Waals surface area contributed by atoms with Gasteiger partial charge in [-0.15, -0.1) is 8.15 Å². The van der Waals surface area contributed by atoms with Crippen LogP contribution in [0.2, 0.25) is 0 Å². The van der Waals surface area contributed by atoms with Gasteiger partial charge in [0.1, 0.15) is 19.4 Å². The van der Waals surface area contributed by atoms with Gasteiger partial charge in [-0.1, -0.05) is 12.1 Å².